The Bertz CT molecular complexity index is 1360. The molecule has 4 rings (SSSR count). The van der Waals surface area contributed by atoms with Gasteiger partial charge in [0.15, 0.2) is 17.5 Å². The minimum absolute atomic E-state index is 0.0608. The molecule has 0 aliphatic carbocycles. The zero-order chi connectivity index (χ0) is 22.1. The molecule has 2 heterocycles. The number of amides is 1. The molecular formula is C23H19ClN2O4S. The molecule has 2 aromatic carbocycles. The van der Waals surface area contributed by atoms with E-state index in [4.69, 9.17) is 20.8 Å². The van der Waals surface area contributed by atoms with Gasteiger partial charge < -0.3 is 9.15 Å². The lowest BCUT2D eigenvalue weighted by Gasteiger charge is -2.13. The maximum Gasteiger partial charge on any atom is 0.264 e. The predicted molar refractivity (Wildman–Crippen MR) is 123 cm³/mol. The Kier molecular flexibility index (Phi) is 5.80. The van der Waals surface area contributed by atoms with Crippen molar-refractivity contribution in [3.05, 3.63) is 73.8 Å². The Labute approximate surface area is 187 Å². The van der Waals surface area contributed by atoms with Crippen LogP contribution < -0.4 is 15.5 Å². The average molecular weight is 455 g/mol. The van der Waals surface area contributed by atoms with Crippen LogP contribution >= 0.6 is 22.9 Å². The Morgan fingerprint density at radius 1 is 1.19 bits per heavy atom. The summed E-state index contributed by atoms with van der Waals surface area (Å²) in [5.41, 5.74) is 3.33. The van der Waals surface area contributed by atoms with Crippen molar-refractivity contribution in [3.63, 3.8) is 0 Å². The summed E-state index contributed by atoms with van der Waals surface area (Å²) in [4.78, 5) is 29.8. The van der Waals surface area contributed by atoms with Crippen LogP contribution in [0, 0.1) is 20.8 Å². The molecule has 0 radical (unpaired) electrons. The molecule has 0 saturated carbocycles. The summed E-state index contributed by atoms with van der Waals surface area (Å²) in [6.07, 6.45) is 0. The topological polar surface area (TPSA) is 81.4 Å². The van der Waals surface area contributed by atoms with Crippen molar-refractivity contribution in [2.45, 2.75) is 20.8 Å². The van der Waals surface area contributed by atoms with E-state index in [0.717, 1.165) is 16.8 Å². The Morgan fingerprint density at radius 2 is 1.94 bits per heavy atom. The van der Waals surface area contributed by atoms with Crippen molar-refractivity contribution in [3.8, 4) is 17.1 Å². The van der Waals surface area contributed by atoms with Gasteiger partial charge >= 0.3 is 0 Å². The van der Waals surface area contributed by atoms with E-state index in [1.54, 1.807) is 30.3 Å². The van der Waals surface area contributed by atoms with Crippen molar-refractivity contribution in [1.82, 2.24) is 4.98 Å². The highest BCUT2D eigenvalue weighted by Gasteiger charge is 2.21. The fourth-order valence-corrected chi connectivity index (χ4v) is 4.02. The van der Waals surface area contributed by atoms with E-state index in [2.05, 4.69) is 10.3 Å². The summed E-state index contributed by atoms with van der Waals surface area (Å²) in [5.74, 6) is -0.308. The molecule has 158 valence electrons. The van der Waals surface area contributed by atoms with Gasteiger partial charge in [-0.05, 0) is 56.2 Å². The summed E-state index contributed by atoms with van der Waals surface area (Å²) >= 11 is 7.67. The number of nitrogens with one attached hydrogen (secondary N) is 1. The lowest BCUT2D eigenvalue weighted by molar-refractivity contribution is -0.118. The van der Waals surface area contributed by atoms with E-state index in [0.29, 0.717) is 26.7 Å². The molecular weight excluding hydrogens is 436 g/mol. The van der Waals surface area contributed by atoms with Crippen molar-refractivity contribution in [2.24, 2.45) is 0 Å². The van der Waals surface area contributed by atoms with E-state index >= 15 is 0 Å². The van der Waals surface area contributed by atoms with Crippen LogP contribution in [0.2, 0.25) is 5.02 Å². The molecule has 6 nitrogen and oxygen atoms in total. The smallest absolute Gasteiger partial charge is 0.264 e. The van der Waals surface area contributed by atoms with Gasteiger partial charge in [-0.25, -0.2) is 4.98 Å². The first-order valence-electron chi connectivity index (χ1n) is 9.51. The molecule has 0 atom stereocenters. The zero-order valence-electron chi connectivity index (χ0n) is 17.1. The largest absolute Gasteiger partial charge is 0.476 e. The SMILES string of the molecule is Cc1csc(NC(=O)COc2c(-c3ccccc3Cl)oc3cc(C)c(C)cc3c2=O)n1. The van der Waals surface area contributed by atoms with Crippen molar-refractivity contribution >= 4 is 44.9 Å². The van der Waals surface area contributed by atoms with Crippen LogP contribution in [0.25, 0.3) is 22.3 Å². The summed E-state index contributed by atoms with van der Waals surface area (Å²) in [7, 11) is 0. The molecule has 0 fully saturated rings. The number of carbonyl (C=O) groups is 1. The lowest BCUT2D eigenvalue weighted by Crippen LogP contribution is -2.22. The fourth-order valence-electron chi connectivity index (χ4n) is 3.09. The average Bonchev–Trinajstić information content (AvgIpc) is 3.13. The second-order valence-electron chi connectivity index (χ2n) is 7.13. The minimum Gasteiger partial charge on any atom is -0.476 e. The quantitative estimate of drug-likeness (QED) is 0.429. The van der Waals surface area contributed by atoms with Crippen LogP contribution in [0.15, 0.2) is 51.0 Å². The third-order valence-corrected chi connectivity index (χ3v) is 6.00. The first-order valence-corrected chi connectivity index (χ1v) is 10.8. The summed E-state index contributed by atoms with van der Waals surface area (Å²) in [6, 6.07) is 10.6. The molecule has 0 aliphatic heterocycles. The van der Waals surface area contributed by atoms with E-state index in [9.17, 15) is 9.59 Å². The Balaban J connectivity index is 1.76. The number of halogens is 1. The van der Waals surface area contributed by atoms with E-state index in [1.165, 1.54) is 11.3 Å². The third kappa shape index (κ3) is 4.33. The van der Waals surface area contributed by atoms with Gasteiger partial charge in [0.2, 0.25) is 11.2 Å². The van der Waals surface area contributed by atoms with Crippen LogP contribution in [0.5, 0.6) is 5.75 Å². The van der Waals surface area contributed by atoms with Crippen LogP contribution in [-0.4, -0.2) is 17.5 Å². The second kappa shape index (κ2) is 8.53. The molecule has 8 heteroatoms. The Hall–Kier alpha value is -3.16. The van der Waals surface area contributed by atoms with Gasteiger partial charge in [-0.2, -0.15) is 0 Å². The molecule has 4 aromatic rings. The van der Waals surface area contributed by atoms with Crippen LogP contribution in [-0.2, 0) is 4.79 Å². The van der Waals surface area contributed by atoms with E-state index in [1.807, 2.05) is 32.2 Å². The molecule has 0 aliphatic rings. The molecule has 0 saturated heterocycles. The monoisotopic (exact) mass is 454 g/mol. The van der Waals surface area contributed by atoms with Crippen molar-refractivity contribution in [1.29, 1.82) is 0 Å². The first kappa shape index (κ1) is 21.1. The minimum atomic E-state index is -0.431. The number of aryl methyl sites for hydroxylation is 3. The van der Waals surface area contributed by atoms with Gasteiger partial charge in [-0.1, -0.05) is 23.7 Å². The summed E-state index contributed by atoms with van der Waals surface area (Å²) in [5, 5.41) is 5.74. The van der Waals surface area contributed by atoms with Crippen molar-refractivity contribution < 1.29 is 13.9 Å². The maximum atomic E-state index is 13.3. The number of aromatic nitrogens is 1. The molecule has 0 unspecified atom stereocenters. The molecule has 31 heavy (non-hydrogen) atoms. The number of nitrogens with zero attached hydrogens (tertiary/aromatic N) is 1. The van der Waals surface area contributed by atoms with Crippen LogP contribution in [0.1, 0.15) is 16.8 Å². The molecule has 1 N–H and O–H groups in total. The molecule has 2 aromatic heterocycles. The van der Waals surface area contributed by atoms with Gasteiger partial charge in [0, 0.05) is 10.9 Å². The number of anilines is 1. The fraction of sp³-hybridized carbons (Fsp3) is 0.174. The predicted octanol–water partition coefficient (Wildman–Crippen LogP) is 5.51. The van der Waals surface area contributed by atoms with E-state index < -0.39 is 5.91 Å². The number of hydrogen-bond donors (Lipinski definition) is 1. The second-order valence-corrected chi connectivity index (χ2v) is 8.40. The van der Waals surface area contributed by atoms with Gasteiger partial charge in [0.1, 0.15) is 5.58 Å². The summed E-state index contributed by atoms with van der Waals surface area (Å²) in [6.45, 7) is 5.32. The van der Waals surface area contributed by atoms with Gasteiger partial charge in [0.25, 0.3) is 5.91 Å². The highest BCUT2D eigenvalue weighted by atomic mass is 35.5. The normalized spacial score (nSPS) is 11.0. The number of benzene rings is 2. The maximum absolute atomic E-state index is 13.3. The zero-order valence-corrected chi connectivity index (χ0v) is 18.7. The Morgan fingerprint density at radius 3 is 2.65 bits per heavy atom. The van der Waals surface area contributed by atoms with Gasteiger partial charge in [-0.3, -0.25) is 14.9 Å². The molecule has 0 spiro atoms. The number of fused-ring (bicyclic) bond motifs is 1. The van der Waals surface area contributed by atoms with E-state index in [-0.39, 0.29) is 23.5 Å². The van der Waals surface area contributed by atoms with Gasteiger partial charge in [-0.15, -0.1) is 11.3 Å². The van der Waals surface area contributed by atoms with Crippen LogP contribution in [0.3, 0.4) is 0 Å². The number of carbonyl (C=O) groups excluding carboxylic acids is 1. The van der Waals surface area contributed by atoms with Gasteiger partial charge in [0.05, 0.1) is 16.1 Å². The standard InChI is InChI=1S/C23H19ClN2O4S/c1-12-8-16-18(9-13(12)2)30-21(15-6-4-5-7-17(15)24)22(20(16)28)29-10-19(27)26-23-25-14(3)11-31-23/h4-9,11H,10H2,1-3H3,(H,25,26,27). The number of thiazole rings is 1. The van der Waals surface area contributed by atoms with Crippen molar-refractivity contribution in [2.75, 3.05) is 11.9 Å². The first-order chi connectivity index (χ1) is 14.8. The molecule has 1 amide bonds. The lowest BCUT2D eigenvalue weighted by atomic mass is 10.0. The molecule has 0 bridgehead atoms. The summed E-state index contributed by atoms with van der Waals surface area (Å²) < 4.78 is 11.8. The number of ether oxygens (including phenoxy) is 1. The number of hydrogen-bond acceptors (Lipinski definition) is 6. The highest BCUT2D eigenvalue weighted by molar-refractivity contribution is 7.13. The highest BCUT2D eigenvalue weighted by Crippen LogP contribution is 2.35. The van der Waals surface area contributed by atoms with Crippen LogP contribution in [0.4, 0.5) is 5.13 Å². The third-order valence-electron chi connectivity index (χ3n) is 4.80. The number of rotatable bonds is 5.